The Morgan fingerprint density at radius 3 is 2.28 bits per heavy atom. The normalized spacial score (nSPS) is 10.2. The van der Waals surface area contributed by atoms with Crippen molar-refractivity contribution in [1.82, 2.24) is 0 Å². The van der Waals surface area contributed by atoms with Crippen molar-refractivity contribution in [3.05, 3.63) is 48.0 Å². The van der Waals surface area contributed by atoms with Crippen molar-refractivity contribution < 1.29 is 19.0 Å². The third-order valence-electron chi connectivity index (χ3n) is 3.30. The van der Waals surface area contributed by atoms with Crippen LogP contribution >= 0.6 is 0 Å². The number of hydrogen-bond acceptors (Lipinski definition) is 5. The van der Waals surface area contributed by atoms with Crippen LogP contribution in [0.2, 0.25) is 0 Å². The molecule has 0 heterocycles. The highest BCUT2D eigenvalue weighted by Gasteiger charge is 2.12. The second-order valence-electron chi connectivity index (χ2n) is 5.14. The lowest BCUT2D eigenvalue weighted by Crippen LogP contribution is -2.13. The van der Waals surface area contributed by atoms with Gasteiger partial charge in [-0.2, -0.15) is 0 Å². The molecule has 3 N–H and O–H groups in total. The SMILES string of the molecule is CCOc1ccc(C(=O)Nc2ccc(OCCN)cc2)cc1OCC. The molecule has 6 heteroatoms. The Kier molecular flexibility index (Phi) is 7.10. The highest BCUT2D eigenvalue weighted by atomic mass is 16.5. The number of amides is 1. The Morgan fingerprint density at radius 1 is 0.960 bits per heavy atom. The molecular formula is C19H24N2O4. The predicted octanol–water partition coefficient (Wildman–Crippen LogP) is 3.07. The number of hydrogen-bond donors (Lipinski definition) is 2. The van der Waals surface area contributed by atoms with E-state index in [0.717, 1.165) is 0 Å². The molecular weight excluding hydrogens is 320 g/mol. The van der Waals surface area contributed by atoms with Crippen LogP contribution in [-0.4, -0.2) is 32.3 Å². The average Bonchev–Trinajstić information content (AvgIpc) is 2.63. The van der Waals surface area contributed by atoms with Crippen LogP contribution in [0.1, 0.15) is 24.2 Å². The van der Waals surface area contributed by atoms with Gasteiger partial charge in [0.1, 0.15) is 12.4 Å². The van der Waals surface area contributed by atoms with Gasteiger partial charge in [-0.1, -0.05) is 0 Å². The molecule has 0 aliphatic carbocycles. The molecule has 6 nitrogen and oxygen atoms in total. The molecule has 0 unspecified atom stereocenters. The van der Waals surface area contributed by atoms with Crippen molar-refractivity contribution in [3.63, 3.8) is 0 Å². The smallest absolute Gasteiger partial charge is 0.255 e. The highest BCUT2D eigenvalue weighted by Crippen LogP contribution is 2.29. The summed E-state index contributed by atoms with van der Waals surface area (Å²) in [5.74, 6) is 1.67. The Bertz CT molecular complexity index is 686. The summed E-state index contributed by atoms with van der Waals surface area (Å²) in [5.41, 5.74) is 6.57. The molecule has 25 heavy (non-hydrogen) atoms. The summed E-state index contributed by atoms with van der Waals surface area (Å²) in [5, 5.41) is 2.85. The molecule has 134 valence electrons. The molecule has 0 saturated carbocycles. The topological polar surface area (TPSA) is 82.8 Å². The van der Waals surface area contributed by atoms with Gasteiger partial charge in [0.15, 0.2) is 11.5 Å². The number of anilines is 1. The van der Waals surface area contributed by atoms with Crippen molar-refractivity contribution in [2.24, 2.45) is 5.73 Å². The molecule has 0 aliphatic heterocycles. The molecule has 2 aromatic carbocycles. The van der Waals surface area contributed by atoms with Gasteiger partial charge < -0.3 is 25.3 Å². The molecule has 0 bridgehead atoms. The minimum atomic E-state index is -0.223. The first-order valence-electron chi connectivity index (χ1n) is 8.31. The second-order valence-corrected chi connectivity index (χ2v) is 5.14. The van der Waals surface area contributed by atoms with Crippen LogP contribution in [-0.2, 0) is 0 Å². The molecule has 0 saturated heterocycles. The third-order valence-corrected chi connectivity index (χ3v) is 3.30. The van der Waals surface area contributed by atoms with Gasteiger partial charge in [0.05, 0.1) is 13.2 Å². The van der Waals surface area contributed by atoms with Gasteiger partial charge >= 0.3 is 0 Å². The summed E-state index contributed by atoms with van der Waals surface area (Å²) >= 11 is 0. The number of nitrogens with two attached hydrogens (primary N) is 1. The van der Waals surface area contributed by atoms with E-state index in [1.165, 1.54) is 0 Å². The summed E-state index contributed by atoms with van der Waals surface area (Å²) in [6.07, 6.45) is 0. The molecule has 0 spiro atoms. The molecule has 2 aromatic rings. The Hall–Kier alpha value is -2.73. The van der Waals surface area contributed by atoms with Gasteiger partial charge in [0.2, 0.25) is 0 Å². The summed E-state index contributed by atoms with van der Waals surface area (Å²) in [4.78, 5) is 12.4. The van der Waals surface area contributed by atoms with Gasteiger partial charge in [-0.15, -0.1) is 0 Å². The molecule has 0 radical (unpaired) electrons. The van der Waals surface area contributed by atoms with E-state index in [1.54, 1.807) is 42.5 Å². The number of ether oxygens (including phenoxy) is 3. The summed E-state index contributed by atoms with van der Waals surface area (Å²) in [6.45, 7) is 5.73. The van der Waals surface area contributed by atoms with E-state index in [1.807, 2.05) is 13.8 Å². The number of carbonyl (C=O) groups is 1. The third kappa shape index (κ3) is 5.39. The predicted molar refractivity (Wildman–Crippen MR) is 97.7 cm³/mol. The zero-order chi connectivity index (χ0) is 18.1. The zero-order valence-corrected chi connectivity index (χ0v) is 14.6. The monoisotopic (exact) mass is 344 g/mol. The fourth-order valence-corrected chi connectivity index (χ4v) is 2.21. The van der Waals surface area contributed by atoms with Gasteiger partial charge in [-0.25, -0.2) is 0 Å². The Labute approximate surface area is 147 Å². The van der Waals surface area contributed by atoms with Gasteiger partial charge in [0, 0.05) is 17.8 Å². The van der Waals surface area contributed by atoms with E-state index >= 15 is 0 Å². The second kappa shape index (κ2) is 9.54. The number of rotatable bonds is 9. The van der Waals surface area contributed by atoms with Crippen molar-refractivity contribution >= 4 is 11.6 Å². The van der Waals surface area contributed by atoms with Crippen molar-refractivity contribution in [2.75, 3.05) is 31.7 Å². The van der Waals surface area contributed by atoms with Crippen molar-refractivity contribution in [2.45, 2.75) is 13.8 Å². The molecule has 0 aliphatic rings. The minimum Gasteiger partial charge on any atom is -0.492 e. The summed E-state index contributed by atoms with van der Waals surface area (Å²) < 4.78 is 16.5. The maximum absolute atomic E-state index is 12.4. The molecule has 0 fully saturated rings. The molecule has 1 amide bonds. The van der Waals surface area contributed by atoms with E-state index in [2.05, 4.69) is 5.32 Å². The fourth-order valence-electron chi connectivity index (χ4n) is 2.21. The van der Waals surface area contributed by atoms with E-state index in [-0.39, 0.29) is 5.91 Å². The van der Waals surface area contributed by atoms with Crippen LogP contribution in [0.4, 0.5) is 5.69 Å². The first-order valence-corrected chi connectivity index (χ1v) is 8.31. The molecule has 2 rings (SSSR count). The lowest BCUT2D eigenvalue weighted by atomic mass is 10.1. The van der Waals surface area contributed by atoms with Crippen LogP contribution < -0.4 is 25.3 Å². The Balaban J connectivity index is 2.08. The summed E-state index contributed by atoms with van der Waals surface area (Å²) in [6, 6.07) is 12.3. The number of carbonyl (C=O) groups excluding carboxylic acids is 1. The largest absolute Gasteiger partial charge is 0.492 e. The van der Waals surface area contributed by atoms with Gasteiger partial charge in [0.25, 0.3) is 5.91 Å². The molecule has 0 atom stereocenters. The first-order chi connectivity index (χ1) is 12.2. The van der Waals surface area contributed by atoms with Crippen molar-refractivity contribution in [1.29, 1.82) is 0 Å². The maximum Gasteiger partial charge on any atom is 0.255 e. The van der Waals surface area contributed by atoms with E-state index in [4.69, 9.17) is 19.9 Å². The highest BCUT2D eigenvalue weighted by molar-refractivity contribution is 6.04. The zero-order valence-electron chi connectivity index (χ0n) is 14.6. The van der Waals surface area contributed by atoms with E-state index in [0.29, 0.717) is 54.9 Å². The standard InChI is InChI=1S/C19H24N2O4/c1-3-23-17-10-5-14(13-18(17)24-4-2)19(22)21-15-6-8-16(9-7-15)25-12-11-20/h5-10,13H,3-4,11-12,20H2,1-2H3,(H,21,22). The maximum atomic E-state index is 12.4. The number of benzene rings is 2. The van der Waals surface area contributed by atoms with Crippen LogP contribution in [0.25, 0.3) is 0 Å². The number of nitrogens with one attached hydrogen (secondary N) is 1. The lowest BCUT2D eigenvalue weighted by molar-refractivity contribution is 0.102. The van der Waals surface area contributed by atoms with Crippen LogP contribution in [0.5, 0.6) is 17.2 Å². The molecule has 0 aromatic heterocycles. The van der Waals surface area contributed by atoms with Gasteiger partial charge in [-0.05, 0) is 56.3 Å². The summed E-state index contributed by atoms with van der Waals surface area (Å²) in [7, 11) is 0. The first kappa shape index (κ1) is 18.6. The van der Waals surface area contributed by atoms with Crippen LogP contribution in [0, 0.1) is 0 Å². The minimum absolute atomic E-state index is 0.223. The quantitative estimate of drug-likeness (QED) is 0.730. The average molecular weight is 344 g/mol. The van der Waals surface area contributed by atoms with E-state index < -0.39 is 0 Å². The fraction of sp³-hybridized carbons (Fsp3) is 0.316. The lowest BCUT2D eigenvalue weighted by Gasteiger charge is -2.12. The van der Waals surface area contributed by atoms with Crippen molar-refractivity contribution in [3.8, 4) is 17.2 Å². The van der Waals surface area contributed by atoms with E-state index in [9.17, 15) is 4.79 Å². The Morgan fingerprint density at radius 2 is 1.64 bits per heavy atom. The van der Waals surface area contributed by atoms with Crippen LogP contribution in [0.3, 0.4) is 0 Å². The van der Waals surface area contributed by atoms with Crippen LogP contribution in [0.15, 0.2) is 42.5 Å². The van der Waals surface area contributed by atoms with Gasteiger partial charge in [-0.3, -0.25) is 4.79 Å².